The van der Waals surface area contributed by atoms with Gasteiger partial charge in [-0.3, -0.25) is 0 Å². The molecule has 0 unspecified atom stereocenters. The smallest absolute Gasteiger partial charge is 0.130 e. The lowest BCUT2D eigenvalue weighted by molar-refractivity contribution is -0.915. The average Bonchev–Trinajstić information content (AvgIpc) is 2.41. The molecule has 0 spiro atoms. The van der Waals surface area contributed by atoms with Gasteiger partial charge in [0, 0.05) is 12.8 Å². The molecule has 0 amide bonds. The second-order valence-corrected chi connectivity index (χ2v) is 5.93. The molecule has 0 bridgehead atoms. The fraction of sp³-hybridized carbons (Fsp3) is 0.562. The minimum Gasteiger partial charge on any atom is -1.00 e. The van der Waals surface area contributed by atoms with Gasteiger partial charge in [0.2, 0.25) is 0 Å². The summed E-state index contributed by atoms with van der Waals surface area (Å²) >= 11 is 0. The molecule has 1 saturated heterocycles. The van der Waals surface area contributed by atoms with E-state index in [-0.39, 0.29) is 29.4 Å². The number of nitrogens with zero attached hydrogens (tertiary/aromatic N) is 1. The van der Waals surface area contributed by atoms with Crippen molar-refractivity contribution in [1.82, 2.24) is 0 Å². The third kappa shape index (κ3) is 3.57. The second-order valence-electron chi connectivity index (χ2n) is 5.93. The summed E-state index contributed by atoms with van der Waals surface area (Å²) < 4.78 is 1.12. The Hall–Kier alpha value is -0.420. The molecule has 1 aliphatic heterocycles. The molecule has 0 N–H and O–H groups in total. The molecular weight excluding hydrogens is 349 g/mol. The molecule has 1 aromatic rings. The van der Waals surface area contributed by atoms with Gasteiger partial charge < -0.3 is 33.3 Å². The molecule has 0 aromatic heterocycles. The summed E-state index contributed by atoms with van der Waals surface area (Å²) in [7, 11) is 2.32. The van der Waals surface area contributed by atoms with Gasteiger partial charge in [0.1, 0.15) is 6.29 Å². The first-order valence-corrected chi connectivity index (χ1v) is 7.00. The van der Waals surface area contributed by atoms with Gasteiger partial charge in [0.05, 0.1) is 32.1 Å². The van der Waals surface area contributed by atoms with Gasteiger partial charge in [0.25, 0.3) is 0 Å². The number of hydrogen-bond acceptors (Lipinski definition) is 1. The standard InChI is InChI=1S/C16H24NO.HI/c1-3-11-17(2)12-9-16(14-18,10-13-17)15-7-5-4-6-8-15;/h4-8,14H,3,9-13H2,1-2H3;1H/q+1;/p-1. The van der Waals surface area contributed by atoms with E-state index >= 15 is 0 Å². The molecule has 1 aromatic carbocycles. The topological polar surface area (TPSA) is 17.1 Å². The number of rotatable bonds is 4. The number of hydrogen-bond donors (Lipinski definition) is 0. The molecule has 0 aliphatic carbocycles. The zero-order valence-electron chi connectivity index (χ0n) is 11.9. The maximum atomic E-state index is 11.6. The van der Waals surface area contributed by atoms with Crippen LogP contribution in [-0.4, -0.2) is 37.5 Å². The molecule has 0 saturated carbocycles. The lowest BCUT2D eigenvalue weighted by atomic mass is 9.73. The molecular formula is C16H24INO. The van der Waals surface area contributed by atoms with Crippen LogP contribution in [0, 0.1) is 0 Å². The molecule has 2 rings (SSSR count). The SMILES string of the molecule is CCC[N+]1(C)CCC(C=O)(c2ccccc2)CC1.[I-]. The number of benzene rings is 1. The van der Waals surface area contributed by atoms with Gasteiger partial charge in [-0.05, 0) is 12.0 Å². The van der Waals surface area contributed by atoms with Crippen LogP contribution in [0.2, 0.25) is 0 Å². The molecule has 3 heteroatoms. The van der Waals surface area contributed by atoms with Crippen LogP contribution < -0.4 is 24.0 Å². The summed E-state index contributed by atoms with van der Waals surface area (Å²) in [5.74, 6) is 0. The Morgan fingerprint density at radius 3 is 2.26 bits per heavy atom. The highest BCUT2D eigenvalue weighted by Gasteiger charge is 2.41. The summed E-state index contributed by atoms with van der Waals surface area (Å²) in [5, 5.41) is 0. The van der Waals surface area contributed by atoms with Crippen molar-refractivity contribution in [3.8, 4) is 0 Å². The molecule has 1 heterocycles. The van der Waals surface area contributed by atoms with E-state index in [1.807, 2.05) is 18.2 Å². The number of piperidine rings is 1. The van der Waals surface area contributed by atoms with Crippen LogP contribution in [0.4, 0.5) is 0 Å². The van der Waals surface area contributed by atoms with E-state index in [2.05, 4.69) is 26.1 Å². The quantitative estimate of drug-likeness (QED) is 0.405. The van der Waals surface area contributed by atoms with Gasteiger partial charge in [-0.15, -0.1) is 0 Å². The molecule has 1 fully saturated rings. The summed E-state index contributed by atoms with van der Waals surface area (Å²) in [4.78, 5) is 11.6. The van der Waals surface area contributed by atoms with Crippen LogP contribution in [0.25, 0.3) is 0 Å². The number of halogens is 1. The maximum Gasteiger partial charge on any atom is 0.130 e. The highest BCUT2D eigenvalue weighted by atomic mass is 127. The van der Waals surface area contributed by atoms with E-state index < -0.39 is 0 Å². The van der Waals surface area contributed by atoms with Crippen LogP contribution in [0.5, 0.6) is 0 Å². The van der Waals surface area contributed by atoms with E-state index in [0.29, 0.717) is 0 Å². The minimum absolute atomic E-state index is 0. The zero-order valence-corrected chi connectivity index (χ0v) is 14.1. The summed E-state index contributed by atoms with van der Waals surface area (Å²) in [6.45, 7) is 5.69. The third-order valence-corrected chi connectivity index (χ3v) is 4.53. The Labute approximate surface area is 133 Å². The fourth-order valence-corrected chi connectivity index (χ4v) is 3.18. The normalized spacial score (nSPS) is 30.4. The van der Waals surface area contributed by atoms with E-state index in [9.17, 15) is 4.79 Å². The summed E-state index contributed by atoms with van der Waals surface area (Å²) in [6, 6.07) is 10.3. The Morgan fingerprint density at radius 2 is 1.79 bits per heavy atom. The van der Waals surface area contributed by atoms with E-state index in [1.54, 1.807) is 0 Å². The van der Waals surface area contributed by atoms with Crippen molar-refractivity contribution >= 4 is 6.29 Å². The third-order valence-electron chi connectivity index (χ3n) is 4.53. The van der Waals surface area contributed by atoms with Crippen molar-refractivity contribution in [2.24, 2.45) is 0 Å². The van der Waals surface area contributed by atoms with Crippen LogP contribution in [0.15, 0.2) is 30.3 Å². The Kier molecular flexibility index (Phi) is 5.99. The predicted molar refractivity (Wildman–Crippen MR) is 74.5 cm³/mol. The lowest BCUT2D eigenvalue weighted by Crippen LogP contribution is -3.00. The lowest BCUT2D eigenvalue weighted by Gasteiger charge is -2.44. The second kappa shape index (κ2) is 6.84. The van der Waals surface area contributed by atoms with Gasteiger partial charge >= 0.3 is 0 Å². The largest absolute Gasteiger partial charge is 1.00 e. The monoisotopic (exact) mass is 373 g/mol. The van der Waals surface area contributed by atoms with Crippen molar-refractivity contribution in [3.05, 3.63) is 35.9 Å². The summed E-state index contributed by atoms with van der Waals surface area (Å²) in [6.07, 6.45) is 4.38. The molecule has 1 aliphatic rings. The first kappa shape index (κ1) is 16.6. The molecule has 0 radical (unpaired) electrons. The number of likely N-dealkylation sites (tertiary alicyclic amines) is 1. The molecule has 0 atom stereocenters. The Morgan fingerprint density at radius 1 is 1.21 bits per heavy atom. The fourth-order valence-electron chi connectivity index (χ4n) is 3.18. The zero-order chi connectivity index (χ0) is 13.1. The van der Waals surface area contributed by atoms with Gasteiger partial charge in [0.15, 0.2) is 0 Å². The van der Waals surface area contributed by atoms with Crippen LogP contribution in [-0.2, 0) is 10.2 Å². The van der Waals surface area contributed by atoms with Crippen molar-refractivity contribution in [1.29, 1.82) is 0 Å². The van der Waals surface area contributed by atoms with Crippen molar-refractivity contribution < 1.29 is 33.3 Å². The first-order valence-electron chi connectivity index (χ1n) is 7.00. The molecule has 2 nitrogen and oxygen atoms in total. The first-order chi connectivity index (χ1) is 8.64. The minimum atomic E-state index is -0.229. The van der Waals surface area contributed by atoms with E-state index in [0.717, 1.165) is 30.4 Å². The number of quaternary nitrogens is 1. The number of aldehydes is 1. The van der Waals surface area contributed by atoms with E-state index in [1.165, 1.54) is 24.8 Å². The van der Waals surface area contributed by atoms with Gasteiger partial charge in [-0.1, -0.05) is 37.3 Å². The number of carbonyl (C=O) groups excluding carboxylic acids is 1. The predicted octanol–water partition coefficient (Wildman–Crippen LogP) is -0.222. The van der Waals surface area contributed by atoms with Crippen LogP contribution in [0.3, 0.4) is 0 Å². The van der Waals surface area contributed by atoms with Crippen molar-refractivity contribution in [2.45, 2.75) is 31.6 Å². The van der Waals surface area contributed by atoms with Crippen molar-refractivity contribution in [2.75, 3.05) is 26.7 Å². The Balaban J connectivity index is 0.00000180. The highest BCUT2D eigenvalue weighted by molar-refractivity contribution is 5.68. The molecule has 19 heavy (non-hydrogen) atoms. The Bertz CT molecular complexity index is 396. The van der Waals surface area contributed by atoms with Gasteiger partial charge in [-0.2, -0.15) is 0 Å². The van der Waals surface area contributed by atoms with Crippen LogP contribution >= 0.6 is 0 Å². The maximum absolute atomic E-state index is 11.6. The van der Waals surface area contributed by atoms with E-state index in [4.69, 9.17) is 0 Å². The summed E-state index contributed by atoms with van der Waals surface area (Å²) in [5.41, 5.74) is 0.968. The van der Waals surface area contributed by atoms with Crippen LogP contribution in [0.1, 0.15) is 31.7 Å². The average molecular weight is 373 g/mol. The molecule has 106 valence electrons. The van der Waals surface area contributed by atoms with Gasteiger partial charge in [-0.25, -0.2) is 0 Å². The number of carbonyl (C=O) groups is 1. The van der Waals surface area contributed by atoms with Crippen molar-refractivity contribution in [3.63, 3.8) is 0 Å². The highest BCUT2D eigenvalue weighted by Crippen LogP contribution is 2.35.